The number of rotatable bonds is 3. The molecule has 0 aliphatic carbocycles. The zero-order valence-electron chi connectivity index (χ0n) is 10.00. The molecular weight excluding hydrogens is 239 g/mol. The molecule has 1 heterocycles. The molecule has 17 heavy (non-hydrogen) atoms. The highest BCUT2D eigenvalue weighted by Gasteiger charge is 2.32. The number of nitrogens with zero attached hydrogens (tertiary/aromatic N) is 1. The van der Waals surface area contributed by atoms with E-state index in [1.165, 1.54) is 6.07 Å². The quantitative estimate of drug-likeness (QED) is 0.901. The fraction of sp³-hybridized carbons (Fsp3) is 0.538. The number of halogens is 2. The second kappa shape index (κ2) is 5.34. The minimum atomic E-state index is -0.371. The largest absolute Gasteiger partial charge is 0.326 e. The van der Waals surface area contributed by atoms with E-state index in [0.717, 1.165) is 31.5 Å². The van der Waals surface area contributed by atoms with Gasteiger partial charge in [0.1, 0.15) is 5.82 Å². The maximum absolute atomic E-state index is 13.2. The van der Waals surface area contributed by atoms with Gasteiger partial charge >= 0.3 is 0 Å². The normalized spacial score (nSPS) is 25.4. The van der Waals surface area contributed by atoms with Crippen LogP contribution in [0.1, 0.15) is 31.4 Å². The van der Waals surface area contributed by atoms with Gasteiger partial charge in [-0.1, -0.05) is 24.6 Å². The maximum Gasteiger partial charge on any atom is 0.141 e. The lowest BCUT2D eigenvalue weighted by atomic mass is 10.0. The molecule has 1 aliphatic heterocycles. The molecule has 0 radical (unpaired) electrons. The zero-order chi connectivity index (χ0) is 12.4. The highest BCUT2D eigenvalue weighted by molar-refractivity contribution is 6.30. The molecule has 94 valence electrons. The lowest BCUT2D eigenvalue weighted by Crippen LogP contribution is -2.32. The van der Waals surface area contributed by atoms with Crippen molar-refractivity contribution in [3.8, 4) is 0 Å². The zero-order valence-corrected chi connectivity index (χ0v) is 10.8. The van der Waals surface area contributed by atoms with Gasteiger partial charge in [0.2, 0.25) is 0 Å². The first kappa shape index (κ1) is 12.8. The Labute approximate surface area is 107 Å². The molecule has 2 rings (SSSR count). The van der Waals surface area contributed by atoms with Crippen molar-refractivity contribution >= 4 is 11.6 Å². The fourth-order valence-corrected chi connectivity index (χ4v) is 2.76. The van der Waals surface area contributed by atoms with Crippen molar-refractivity contribution in [1.29, 1.82) is 0 Å². The third kappa shape index (κ3) is 2.62. The Morgan fingerprint density at radius 3 is 2.94 bits per heavy atom. The molecule has 0 spiro atoms. The molecule has 1 aliphatic rings. The van der Waals surface area contributed by atoms with Gasteiger partial charge in [0.25, 0.3) is 0 Å². The molecule has 1 fully saturated rings. The highest BCUT2D eigenvalue weighted by atomic mass is 35.5. The van der Waals surface area contributed by atoms with Gasteiger partial charge in [-0.05, 0) is 37.1 Å². The van der Waals surface area contributed by atoms with Crippen molar-refractivity contribution in [3.63, 3.8) is 0 Å². The summed E-state index contributed by atoms with van der Waals surface area (Å²) in [5.74, 6) is -0.371. The first-order valence-electron chi connectivity index (χ1n) is 6.08. The predicted octanol–water partition coefficient (Wildman–Crippen LogP) is 2.96. The Morgan fingerprint density at radius 1 is 1.53 bits per heavy atom. The van der Waals surface area contributed by atoms with E-state index in [4.69, 9.17) is 17.3 Å². The van der Waals surface area contributed by atoms with Crippen LogP contribution in [-0.2, 0) is 0 Å². The Balaban J connectivity index is 2.26. The van der Waals surface area contributed by atoms with E-state index in [9.17, 15) is 4.39 Å². The summed E-state index contributed by atoms with van der Waals surface area (Å²) < 4.78 is 13.2. The van der Waals surface area contributed by atoms with Crippen molar-refractivity contribution in [1.82, 2.24) is 4.90 Å². The van der Waals surface area contributed by atoms with Crippen LogP contribution in [0.5, 0.6) is 0 Å². The van der Waals surface area contributed by atoms with Gasteiger partial charge in [-0.3, -0.25) is 4.90 Å². The Morgan fingerprint density at radius 2 is 2.29 bits per heavy atom. The van der Waals surface area contributed by atoms with E-state index in [1.807, 2.05) is 0 Å². The molecule has 2 nitrogen and oxygen atoms in total. The van der Waals surface area contributed by atoms with Crippen LogP contribution in [-0.4, -0.2) is 24.0 Å². The molecule has 0 saturated carbocycles. The second-order valence-corrected chi connectivity index (χ2v) is 5.01. The third-order valence-corrected chi connectivity index (χ3v) is 3.63. The molecule has 2 atom stereocenters. The van der Waals surface area contributed by atoms with Crippen LogP contribution in [0.15, 0.2) is 18.2 Å². The number of hydrogen-bond donors (Lipinski definition) is 1. The predicted molar refractivity (Wildman–Crippen MR) is 68.6 cm³/mol. The molecule has 0 amide bonds. The van der Waals surface area contributed by atoms with Crippen LogP contribution in [0.4, 0.5) is 4.39 Å². The average molecular weight is 257 g/mol. The van der Waals surface area contributed by atoms with Gasteiger partial charge in [0, 0.05) is 18.6 Å². The number of likely N-dealkylation sites (tertiary alicyclic amines) is 1. The van der Waals surface area contributed by atoms with Crippen molar-refractivity contribution in [2.24, 2.45) is 5.73 Å². The van der Waals surface area contributed by atoms with Crippen LogP contribution in [0.3, 0.4) is 0 Å². The van der Waals surface area contributed by atoms with Gasteiger partial charge in [-0.2, -0.15) is 0 Å². The second-order valence-electron chi connectivity index (χ2n) is 4.61. The molecule has 1 aromatic carbocycles. The van der Waals surface area contributed by atoms with Gasteiger partial charge in [0.05, 0.1) is 5.02 Å². The van der Waals surface area contributed by atoms with Gasteiger partial charge in [-0.15, -0.1) is 0 Å². The summed E-state index contributed by atoms with van der Waals surface area (Å²) in [6, 6.07) is 5.21. The first-order valence-corrected chi connectivity index (χ1v) is 6.46. The van der Waals surface area contributed by atoms with E-state index in [1.54, 1.807) is 12.1 Å². The smallest absolute Gasteiger partial charge is 0.141 e. The Kier molecular flexibility index (Phi) is 4.02. The van der Waals surface area contributed by atoms with Crippen molar-refractivity contribution < 1.29 is 4.39 Å². The highest BCUT2D eigenvalue weighted by Crippen LogP contribution is 2.32. The van der Waals surface area contributed by atoms with Crippen LogP contribution < -0.4 is 5.73 Å². The molecular formula is C13H18ClFN2. The lowest BCUT2D eigenvalue weighted by Gasteiger charge is -2.26. The summed E-state index contributed by atoms with van der Waals surface area (Å²) in [6.45, 7) is 4.18. The standard InChI is InChI=1S/C13H18ClFN2/c1-2-6-17-7-5-12(16)13(17)9-3-4-11(15)10(14)8-9/h3-4,8,12-13H,2,5-7,16H2,1H3. The Hall–Kier alpha value is -0.640. The van der Waals surface area contributed by atoms with E-state index in [2.05, 4.69) is 11.8 Å². The van der Waals surface area contributed by atoms with E-state index >= 15 is 0 Å². The Bertz CT molecular complexity index is 395. The summed E-state index contributed by atoms with van der Waals surface area (Å²) in [5.41, 5.74) is 7.16. The summed E-state index contributed by atoms with van der Waals surface area (Å²) in [4.78, 5) is 2.36. The molecule has 0 bridgehead atoms. The molecule has 4 heteroatoms. The van der Waals surface area contributed by atoms with Crippen molar-refractivity contribution in [2.45, 2.75) is 31.8 Å². The van der Waals surface area contributed by atoms with Crippen LogP contribution >= 0.6 is 11.6 Å². The average Bonchev–Trinajstić information content (AvgIpc) is 2.65. The van der Waals surface area contributed by atoms with Gasteiger partial charge in [-0.25, -0.2) is 4.39 Å². The molecule has 0 aromatic heterocycles. The van der Waals surface area contributed by atoms with E-state index in [-0.39, 0.29) is 22.9 Å². The minimum absolute atomic E-state index is 0.114. The molecule has 1 saturated heterocycles. The van der Waals surface area contributed by atoms with Crippen LogP contribution in [0, 0.1) is 5.82 Å². The summed E-state index contributed by atoms with van der Waals surface area (Å²) >= 11 is 5.83. The third-order valence-electron chi connectivity index (χ3n) is 3.34. The van der Waals surface area contributed by atoms with Crippen molar-refractivity contribution in [3.05, 3.63) is 34.6 Å². The number of nitrogens with two attached hydrogens (primary N) is 1. The SMILES string of the molecule is CCCN1CCC(N)C1c1ccc(F)c(Cl)c1. The monoisotopic (exact) mass is 256 g/mol. The number of benzene rings is 1. The molecule has 2 unspecified atom stereocenters. The first-order chi connectivity index (χ1) is 8.13. The molecule has 1 aromatic rings. The maximum atomic E-state index is 13.2. The molecule has 2 N–H and O–H groups in total. The van der Waals surface area contributed by atoms with Crippen molar-refractivity contribution in [2.75, 3.05) is 13.1 Å². The summed E-state index contributed by atoms with van der Waals surface area (Å²) in [7, 11) is 0. The van der Waals surface area contributed by atoms with Gasteiger partial charge < -0.3 is 5.73 Å². The van der Waals surface area contributed by atoms with Gasteiger partial charge in [0.15, 0.2) is 0 Å². The van der Waals surface area contributed by atoms with Crippen LogP contribution in [0.25, 0.3) is 0 Å². The number of hydrogen-bond acceptors (Lipinski definition) is 2. The van der Waals surface area contributed by atoms with E-state index < -0.39 is 0 Å². The van der Waals surface area contributed by atoms with Crippen LogP contribution in [0.2, 0.25) is 5.02 Å². The lowest BCUT2D eigenvalue weighted by molar-refractivity contribution is 0.248. The topological polar surface area (TPSA) is 29.3 Å². The van der Waals surface area contributed by atoms with E-state index in [0.29, 0.717) is 0 Å². The summed E-state index contributed by atoms with van der Waals surface area (Å²) in [5, 5.41) is 0.179. The fourth-order valence-electron chi connectivity index (χ4n) is 2.58. The minimum Gasteiger partial charge on any atom is -0.326 e. The summed E-state index contributed by atoms with van der Waals surface area (Å²) in [6.07, 6.45) is 2.08.